The highest BCUT2D eigenvalue weighted by Gasteiger charge is 2.25. The van der Waals surface area contributed by atoms with Crippen LogP contribution in [0.3, 0.4) is 0 Å². The van der Waals surface area contributed by atoms with Crippen LogP contribution in [-0.2, 0) is 26.4 Å². The van der Waals surface area contributed by atoms with Gasteiger partial charge in [-0.25, -0.2) is 19.9 Å². The number of nitrogens with one attached hydrogen (secondary N) is 1. The maximum Gasteiger partial charge on any atom is 0.248 e. The molecular weight excluding hydrogens is 1690 g/mol. The molecule has 3 saturated heterocycles. The van der Waals surface area contributed by atoms with Crippen LogP contribution in [0, 0.1) is 58.7 Å². The summed E-state index contributed by atoms with van der Waals surface area (Å²) in [6.07, 6.45) is 17.9. The van der Waals surface area contributed by atoms with E-state index in [0.717, 1.165) is 163 Å². The van der Waals surface area contributed by atoms with Crippen molar-refractivity contribution in [2.45, 2.75) is 65.6 Å². The van der Waals surface area contributed by atoms with Crippen LogP contribution in [-0.4, -0.2) is 176 Å². The van der Waals surface area contributed by atoms with Gasteiger partial charge in [0.1, 0.15) is 49.4 Å². The third-order valence-electron chi connectivity index (χ3n) is 19.2. The predicted molar refractivity (Wildman–Crippen MR) is 487 cm³/mol. The van der Waals surface area contributed by atoms with Crippen LogP contribution in [0.5, 0.6) is 46.5 Å². The predicted octanol–water partition coefficient (Wildman–Crippen LogP) is 15.1. The highest BCUT2D eigenvalue weighted by Crippen LogP contribution is 2.40. The van der Waals surface area contributed by atoms with Gasteiger partial charge >= 0.3 is 0 Å². The van der Waals surface area contributed by atoms with E-state index < -0.39 is 5.91 Å². The molecule has 12 aromatic rings. The van der Waals surface area contributed by atoms with Crippen molar-refractivity contribution in [2.24, 2.45) is 5.73 Å². The van der Waals surface area contributed by atoms with E-state index >= 15 is 0 Å². The molecule has 0 unspecified atom stereocenters. The van der Waals surface area contributed by atoms with Crippen molar-refractivity contribution in [2.75, 3.05) is 135 Å². The largest absolute Gasteiger partial charge is 0.497 e. The molecule has 27 nitrogen and oxygen atoms in total. The van der Waals surface area contributed by atoms with Crippen LogP contribution in [0.15, 0.2) is 258 Å². The molecule has 15 rings (SSSR count). The normalized spacial score (nSPS) is 12.9. The molecule has 8 aromatic carbocycles. The van der Waals surface area contributed by atoms with Crippen LogP contribution in [0.4, 0.5) is 17.8 Å². The fourth-order valence-electron chi connectivity index (χ4n) is 12.5. The summed E-state index contributed by atoms with van der Waals surface area (Å²) in [6, 6.07) is 66.5. The van der Waals surface area contributed by atoms with Crippen LogP contribution in [0.25, 0.3) is 0 Å². The Labute approximate surface area is 754 Å². The number of hydrogen-bond acceptors (Lipinski definition) is 30. The fraction of sp³-hybridized carbons (Fsp3) is 0.234. The number of nitrogens with two attached hydrogens (primary N) is 1. The van der Waals surface area contributed by atoms with E-state index in [4.69, 9.17) is 98.8 Å². The van der Waals surface area contributed by atoms with Crippen molar-refractivity contribution in [1.29, 1.82) is 15.8 Å². The summed E-state index contributed by atoms with van der Waals surface area (Å²) >= 11 is 11.8. The van der Waals surface area contributed by atoms with Crippen LogP contribution < -0.4 is 63.6 Å². The summed E-state index contributed by atoms with van der Waals surface area (Å²) in [5.74, 6) is 11.9. The third-order valence-corrected chi connectivity index (χ3v) is 23.4. The van der Waals surface area contributed by atoms with E-state index in [0.29, 0.717) is 103 Å². The van der Waals surface area contributed by atoms with Gasteiger partial charge in [-0.3, -0.25) is 14.6 Å². The lowest BCUT2D eigenvalue weighted by Crippen LogP contribution is -2.47. The van der Waals surface area contributed by atoms with Crippen molar-refractivity contribution in [3.8, 4) is 89.4 Å². The number of anilines is 3. The Morgan fingerprint density at radius 3 is 0.976 bits per heavy atom. The van der Waals surface area contributed by atoms with Crippen LogP contribution in [0.1, 0.15) is 49.3 Å². The van der Waals surface area contributed by atoms with Gasteiger partial charge in [0.15, 0.2) is 0 Å². The number of methoxy groups -OCH3 is 4. The van der Waals surface area contributed by atoms with Gasteiger partial charge in [0, 0.05) is 110 Å². The van der Waals surface area contributed by atoms with E-state index in [-0.39, 0.29) is 5.28 Å². The average Bonchev–Trinajstić information content (AvgIpc) is 0.821. The quantitative estimate of drug-likeness (QED) is 0.0312. The molecule has 7 heterocycles. The number of nitriles is 3. The average molecular weight is 1780 g/mol. The molecule has 126 heavy (non-hydrogen) atoms. The Kier molecular flexibility index (Phi) is 34.9. The molecule has 3 N–H and O–H groups in total. The van der Waals surface area contributed by atoms with E-state index in [2.05, 4.69) is 84.8 Å². The maximum absolute atomic E-state index is 11.4. The summed E-state index contributed by atoms with van der Waals surface area (Å²) in [5, 5.41) is 30.4. The summed E-state index contributed by atoms with van der Waals surface area (Å²) in [7, 11) is 6.55. The number of benzene rings is 8. The minimum atomic E-state index is -0.459. The SMILES string of the molecule is C#CCN1CCN(c2ncc(Sc3ccc(C#N)cc3)c(OCc3cccc(OC)c3)n2)CC1.C#CCN1CCN(c2ncc(Sc3ccc(C(N)=O)cc3)c(OCc3cccc(OC)c3)n2)CC1.COc1cccc(COc2nc(Cl)ncc2Sc2ccc(C#N)cc2)c1.COc1cccc(COc2nc(N3CCNCC3)ncc2Sc2ccc(C#N)cc2)c1. The minimum absolute atomic E-state index is 0.120. The molecule has 0 bridgehead atoms. The standard InChI is InChI=1S/C26H27N5O3S.C26H25N5O2S.C23H23N5O2S.C19H14ClN3O2S/c1-3-11-30-12-14-31(15-13-30)26-28-17-23(35-22-9-7-20(8-10-22)24(27)32)25(29-26)34-18-19-5-4-6-21(16-19)33-2;1-3-11-30-12-14-31(15-13-30)26-28-18-24(34-23-9-7-20(17-27)8-10-23)25(29-26)33-19-21-5-4-6-22(16-21)32-2;1-29-19-4-2-3-18(13-19)16-30-22-21(31-20-7-5-17(14-24)6-8-20)15-26-23(27-22)28-11-9-25-10-12-28;1-24-15-4-2-3-14(9-15)12-25-18-17(11-22-19(20)23-18)26-16-7-5-13(10-21)6-8-16/h1,4-10,16-17H,11-15,18H2,2H3,(H2,27,32);1,4-10,16,18H,11-15,19H2,2H3;2-8,13,15,25H,9-12,16H2,1H3;2-9,11H,12H2,1H3. The van der Waals surface area contributed by atoms with Gasteiger partial charge in [0.2, 0.25) is 52.6 Å². The number of hydrogen-bond donors (Lipinski definition) is 2. The monoisotopic (exact) mass is 1780 g/mol. The highest BCUT2D eigenvalue weighted by atomic mass is 35.5. The van der Waals surface area contributed by atoms with Gasteiger partial charge in [-0.15, -0.1) is 12.8 Å². The number of piperazine rings is 3. The zero-order chi connectivity index (χ0) is 88.2. The molecular formula is C94H89ClN18O9S4. The number of amides is 1. The fourth-order valence-corrected chi connectivity index (χ4v) is 15.9. The summed E-state index contributed by atoms with van der Waals surface area (Å²) in [4.78, 5) is 65.6. The Balaban J connectivity index is 0.000000154. The van der Waals surface area contributed by atoms with Gasteiger partial charge in [-0.1, -0.05) is 107 Å². The van der Waals surface area contributed by atoms with E-state index in [1.54, 1.807) is 95.6 Å². The number of carbonyl (C=O) groups is 1. The topological polar surface area (TPSA) is 320 Å². The molecule has 1 amide bonds. The van der Waals surface area contributed by atoms with Gasteiger partial charge in [-0.2, -0.15) is 35.7 Å². The molecule has 0 saturated carbocycles. The highest BCUT2D eigenvalue weighted by molar-refractivity contribution is 8.00. The molecule has 4 aromatic heterocycles. The third kappa shape index (κ3) is 27.8. The number of ether oxygens (including phenoxy) is 8. The molecule has 3 aliphatic heterocycles. The molecule has 0 aliphatic carbocycles. The number of primary amides is 1. The van der Waals surface area contributed by atoms with E-state index in [1.165, 1.54) is 47.0 Å². The minimum Gasteiger partial charge on any atom is -0.497 e. The lowest BCUT2D eigenvalue weighted by atomic mass is 10.2. The first-order valence-electron chi connectivity index (χ1n) is 39.7. The van der Waals surface area contributed by atoms with Crippen molar-refractivity contribution >= 4 is 82.4 Å². The summed E-state index contributed by atoms with van der Waals surface area (Å²) < 4.78 is 45.5. The first-order chi connectivity index (χ1) is 61.6. The van der Waals surface area contributed by atoms with Gasteiger partial charge in [-0.05, 0) is 179 Å². The molecule has 32 heteroatoms. The lowest BCUT2D eigenvalue weighted by molar-refractivity contribution is 0.1000. The smallest absolute Gasteiger partial charge is 0.248 e. The second-order valence-corrected chi connectivity index (χ2v) is 32.6. The Morgan fingerprint density at radius 1 is 0.405 bits per heavy atom. The number of aromatic nitrogens is 8. The van der Waals surface area contributed by atoms with Crippen molar-refractivity contribution in [3.05, 3.63) is 269 Å². The molecule has 3 fully saturated rings. The second-order valence-electron chi connectivity index (χ2n) is 27.8. The Hall–Kier alpha value is -13.5. The Morgan fingerprint density at radius 2 is 0.690 bits per heavy atom. The zero-order valence-corrected chi connectivity index (χ0v) is 73.6. The van der Waals surface area contributed by atoms with Gasteiger partial charge in [0.05, 0.1) is 115 Å². The van der Waals surface area contributed by atoms with Crippen molar-refractivity contribution < 1.29 is 42.7 Å². The molecule has 0 radical (unpaired) electrons. The maximum atomic E-state index is 11.4. The van der Waals surface area contributed by atoms with Gasteiger partial charge < -0.3 is 63.6 Å². The number of halogens is 1. The number of carbonyl (C=O) groups excluding carboxylic acids is 1. The molecule has 0 spiro atoms. The van der Waals surface area contributed by atoms with Crippen LogP contribution >= 0.6 is 58.6 Å². The van der Waals surface area contributed by atoms with Crippen molar-refractivity contribution in [3.63, 3.8) is 0 Å². The first-order valence-corrected chi connectivity index (χ1v) is 43.4. The van der Waals surface area contributed by atoms with Crippen molar-refractivity contribution in [1.82, 2.24) is 55.0 Å². The van der Waals surface area contributed by atoms with Crippen LogP contribution in [0.2, 0.25) is 5.28 Å². The van der Waals surface area contributed by atoms with Gasteiger partial charge in [0.25, 0.3) is 0 Å². The number of rotatable bonds is 30. The number of nitrogens with zero attached hydrogens (tertiary/aromatic N) is 16. The number of terminal acetylenes is 2. The molecule has 3 aliphatic rings. The first kappa shape index (κ1) is 91.7. The summed E-state index contributed by atoms with van der Waals surface area (Å²) in [6.45, 7) is 12.9. The molecule has 640 valence electrons. The lowest BCUT2D eigenvalue weighted by Gasteiger charge is -2.33. The molecule has 0 atom stereocenters. The second kappa shape index (κ2) is 48.0. The summed E-state index contributed by atoms with van der Waals surface area (Å²) in [5.41, 5.74) is 11.6. The zero-order valence-electron chi connectivity index (χ0n) is 69.6. The van der Waals surface area contributed by atoms with E-state index in [1.807, 2.05) is 152 Å². The van der Waals surface area contributed by atoms with E-state index in [9.17, 15) is 4.79 Å². The Bertz CT molecular complexity index is 5820.